The van der Waals surface area contributed by atoms with Gasteiger partial charge in [0.25, 0.3) is 5.91 Å². The third-order valence-electron chi connectivity index (χ3n) is 2.03. The average molecular weight is 208 g/mol. The molecule has 1 amide bonds. The van der Waals surface area contributed by atoms with Gasteiger partial charge in [0.15, 0.2) is 0 Å². The minimum Gasteiger partial charge on any atom is -0.392 e. The van der Waals surface area contributed by atoms with Gasteiger partial charge in [-0.25, -0.2) is 0 Å². The minimum atomic E-state index is -0.535. The summed E-state index contributed by atoms with van der Waals surface area (Å²) in [6.07, 6.45) is -0.535. The maximum Gasteiger partial charge on any atom is 0.253 e. The molecule has 15 heavy (non-hydrogen) atoms. The van der Waals surface area contributed by atoms with Gasteiger partial charge in [0, 0.05) is 12.2 Å². The van der Waals surface area contributed by atoms with Gasteiger partial charge in [-0.15, -0.1) is 0 Å². The molecule has 1 aromatic rings. The Labute approximate surface area is 89.3 Å². The van der Waals surface area contributed by atoms with Crippen molar-refractivity contribution >= 4 is 5.91 Å². The monoisotopic (exact) mass is 208 g/mol. The molecule has 0 fully saturated rings. The summed E-state index contributed by atoms with van der Waals surface area (Å²) < 4.78 is 0. The first-order valence-corrected chi connectivity index (χ1v) is 4.91. The van der Waals surface area contributed by atoms with Crippen molar-refractivity contribution in [3.63, 3.8) is 0 Å². The summed E-state index contributed by atoms with van der Waals surface area (Å²) in [5.74, 6) is -0.194. The predicted molar refractivity (Wildman–Crippen MR) is 57.7 cm³/mol. The van der Waals surface area contributed by atoms with Crippen molar-refractivity contribution in [1.29, 1.82) is 0 Å². The van der Waals surface area contributed by atoms with E-state index in [0.29, 0.717) is 11.3 Å². The third-order valence-corrected chi connectivity index (χ3v) is 2.03. The normalized spacial score (nSPS) is 12.3. The van der Waals surface area contributed by atoms with E-state index >= 15 is 0 Å². The zero-order valence-corrected chi connectivity index (χ0v) is 9.24. The summed E-state index contributed by atoms with van der Waals surface area (Å²) in [5.41, 5.74) is 2.15. The zero-order valence-electron chi connectivity index (χ0n) is 9.24. The Hall–Kier alpha value is -1.42. The topological polar surface area (TPSA) is 62.2 Å². The predicted octanol–water partition coefficient (Wildman–Crippen LogP) is 0.809. The molecule has 0 unspecified atom stereocenters. The van der Waals surface area contributed by atoms with E-state index in [1.165, 1.54) is 0 Å². The van der Waals surface area contributed by atoms with Crippen LogP contribution in [0.3, 0.4) is 0 Å². The fraction of sp³-hybridized carbons (Fsp3) is 0.455. The lowest BCUT2D eigenvalue weighted by Gasteiger charge is -2.08. The highest BCUT2D eigenvalue weighted by atomic mass is 16.3. The fourth-order valence-electron chi connectivity index (χ4n) is 1.26. The standard InChI is InChI=1S/C11H16N2O2/c1-7-4-5-10(9(3)13-7)11(15)12-6-8(2)14/h4-5,8,14H,6H2,1-3H3,(H,12,15)/t8-/m1/s1. The van der Waals surface area contributed by atoms with E-state index in [0.717, 1.165) is 5.69 Å². The zero-order chi connectivity index (χ0) is 11.4. The first-order valence-electron chi connectivity index (χ1n) is 4.91. The van der Waals surface area contributed by atoms with Gasteiger partial charge in [-0.05, 0) is 32.9 Å². The molecule has 1 atom stereocenters. The van der Waals surface area contributed by atoms with Gasteiger partial charge in [-0.1, -0.05) is 0 Å². The van der Waals surface area contributed by atoms with E-state index in [1.807, 2.05) is 6.92 Å². The molecule has 0 aromatic carbocycles. The van der Waals surface area contributed by atoms with Crippen LogP contribution in [-0.4, -0.2) is 28.6 Å². The van der Waals surface area contributed by atoms with Crippen LogP contribution in [0.1, 0.15) is 28.7 Å². The molecule has 0 saturated heterocycles. The summed E-state index contributed by atoms with van der Waals surface area (Å²) in [5, 5.41) is 11.7. The highest BCUT2D eigenvalue weighted by Gasteiger charge is 2.09. The van der Waals surface area contributed by atoms with Crippen molar-refractivity contribution in [3.8, 4) is 0 Å². The van der Waals surface area contributed by atoms with Crippen molar-refractivity contribution in [2.24, 2.45) is 0 Å². The number of aliphatic hydroxyl groups is 1. The Morgan fingerprint density at radius 1 is 1.53 bits per heavy atom. The second-order valence-corrected chi connectivity index (χ2v) is 3.64. The molecule has 0 spiro atoms. The second kappa shape index (κ2) is 4.89. The van der Waals surface area contributed by atoms with Crippen LogP contribution in [0.4, 0.5) is 0 Å². The number of nitrogens with zero attached hydrogens (tertiary/aromatic N) is 1. The molecule has 0 saturated carbocycles. The highest BCUT2D eigenvalue weighted by molar-refractivity contribution is 5.95. The molecule has 0 aliphatic carbocycles. The number of aliphatic hydroxyl groups excluding tert-OH is 1. The second-order valence-electron chi connectivity index (χ2n) is 3.64. The Morgan fingerprint density at radius 2 is 2.20 bits per heavy atom. The molecule has 4 nitrogen and oxygen atoms in total. The molecule has 1 aromatic heterocycles. The van der Waals surface area contributed by atoms with Crippen LogP contribution in [0, 0.1) is 13.8 Å². The molecule has 0 aliphatic rings. The largest absolute Gasteiger partial charge is 0.392 e. The molecule has 82 valence electrons. The Balaban J connectivity index is 2.74. The lowest BCUT2D eigenvalue weighted by molar-refractivity contribution is 0.0923. The minimum absolute atomic E-state index is 0.194. The van der Waals surface area contributed by atoms with E-state index in [1.54, 1.807) is 26.0 Å². The summed E-state index contributed by atoms with van der Waals surface area (Å²) in [4.78, 5) is 15.8. The Kier molecular flexibility index (Phi) is 3.80. The molecular weight excluding hydrogens is 192 g/mol. The van der Waals surface area contributed by atoms with Crippen LogP contribution in [-0.2, 0) is 0 Å². The smallest absolute Gasteiger partial charge is 0.253 e. The van der Waals surface area contributed by atoms with Crippen molar-refractivity contribution < 1.29 is 9.90 Å². The molecule has 1 rings (SSSR count). The number of pyridine rings is 1. The van der Waals surface area contributed by atoms with Gasteiger partial charge in [0.05, 0.1) is 17.4 Å². The Morgan fingerprint density at radius 3 is 2.73 bits per heavy atom. The van der Waals surface area contributed by atoms with Crippen molar-refractivity contribution in [1.82, 2.24) is 10.3 Å². The first-order chi connectivity index (χ1) is 7.00. The van der Waals surface area contributed by atoms with Gasteiger partial charge in [-0.3, -0.25) is 9.78 Å². The molecule has 0 bridgehead atoms. The van der Waals surface area contributed by atoms with Crippen molar-refractivity contribution in [2.45, 2.75) is 26.9 Å². The summed E-state index contributed by atoms with van der Waals surface area (Å²) >= 11 is 0. The van der Waals surface area contributed by atoms with Gasteiger partial charge in [0.2, 0.25) is 0 Å². The van der Waals surface area contributed by atoms with E-state index < -0.39 is 6.10 Å². The SMILES string of the molecule is Cc1ccc(C(=O)NC[C@@H](C)O)c(C)n1. The number of carbonyl (C=O) groups is 1. The third kappa shape index (κ3) is 3.32. The number of aryl methyl sites for hydroxylation is 2. The van der Waals surface area contributed by atoms with Gasteiger partial charge < -0.3 is 10.4 Å². The molecule has 1 heterocycles. The molecule has 4 heteroatoms. The maximum atomic E-state index is 11.6. The molecular formula is C11H16N2O2. The van der Waals surface area contributed by atoms with E-state index in [2.05, 4.69) is 10.3 Å². The molecule has 0 aliphatic heterocycles. The number of hydrogen-bond donors (Lipinski definition) is 2. The fourth-order valence-corrected chi connectivity index (χ4v) is 1.26. The van der Waals surface area contributed by atoms with Crippen LogP contribution in [0.15, 0.2) is 12.1 Å². The Bertz CT molecular complexity index is 362. The summed E-state index contributed by atoms with van der Waals surface area (Å²) in [7, 11) is 0. The van der Waals surface area contributed by atoms with E-state index in [4.69, 9.17) is 5.11 Å². The quantitative estimate of drug-likeness (QED) is 0.772. The number of nitrogens with one attached hydrogen (secondary N) is 1. The summed E-state index contributed by atoms with van der Waals surface area (Å²) in [6.45, 7) is 5.56. The van der Waals surface area contributed by atoms with Crippen LogP contribution in [0.2, 0.25) is 0 Å². The van der Waals surface area contributed by atoms with Crippen molar-refractivity contribution in [2.75, 3.05) is 6.54 Å². The molecule has 2 N–H and O–H groups in total. The average Bonchev–Trinajstić information content (AvgIpc) is 2.14. The van der Waals surface area contributed by atoms with Crippen LogP contribution >= 0.6 is 0 Å². The van der Waals surface area contributed by atoms with Gasteiger partial charge in [0.1, 0.15) is 0 Å². The molecule has 0 radical (unpaired) electrons. The van der Waals surface area contributed by atoms with Crippen LogP contribution in [0.25, 0.3) is 0 Å². The van der Waals surface area contributed by atoms with E-state index in [9.17, 15) is 4.79 Å². The van der Waals surface area contributed by atoms with Crippen LogP contribution < -0.4 is 5.32 Å². The van der Waals surface area contributed by atoms with Gasteiger partial charge in [-0.2, -0.15) is 0 Å². The summed E-state index contributed by atoms with van der Waals surface area (Å²) in [6, 6.07) is 3.54. The van der Waals surface area contributed by atoms with E-state index in [-0.39, 0.29) is 12.5 Å². The number of amides is 1. The van der Waals surface area contributed by atoms with Gasteiger partial charge >= 0.3 is 0 Å². The number of rotatable bonds is 3. The number of aromatic nitrogens is 1. The first kappa shape index (κ1) is 11.7. The van der Waals surface area contributed by atoms with Crippen molar-refractivity contribution in [3.05, 3.63) is 29.1 Å². The lowest BCUT2D eigenvalue weighted by atomic mass is 10.1. The lowest BCUT2D eigenvalue weighted by Crippen LogP contribution is -2.31. The maximum absolute atomic E-state index is 11.6. The number of carbonyl (C=O) groups excluding carboxylic acids is 1. The number of hydrogen-bond acceptors (Lipinski definition) is 3. The van der Waals surface area contributed by atoms with Crippen LogP contribution in [0.5, 0.6) is 0 Å². The highest BCUT2D eigenvalue weighted by Crippen LogP contribution is 2.05.